The molecule has 0 bridgehead atoms. The molecular weight excluding hydrogens is 761 g/mol. The molecule has 0 amide bonds. The fourth-order valence-electron chi connectivity index (χ4n) is 7.01. The second-order valence-corrected chi connectivity index (χ2v) is 16.8. The molecule has 0 unspecified atom stereocenters. The molecule has 0 heterocycles. The largest absolute Gasteiger partial charge is 0.488 e. The van der Waals surface area contributed by atoms with Crippen LogP contribution >= 0.6 is 0 Å². The normalized spacial score (nSPS) is 11.5. The minimum Gasteiger partial charge on any atom is -0.488 e. The molecule has 0 saturated heterocycles. The van der Waals surface area contributed by atoms with Gasteiger partial charge in [-0.05, 0) is 173 Å². The molecule has 6 heteroatoms. The average molecular weight is 811 g/mol. The Morgan fingerprint density at radius 1 is 0.468 bits per heavy atom. The van der Waals surface area contributed by atoms with Gasteiger partial charge in [0, 0.05) is 34.1 Å². The molecule has 0 saturated carbocycles. The second-order valence-electron chi connectivity index (χ2n) is 16.8. The molecule has 0 radical (unpaired) electrons. The van der Waals surface area contributed by atoms with Crippen LogP contribution in [0.1, 0.15) is 69.4 Å². The van der Waals surface area contributed by atoms with E-state index in [1.54, 1.807) is 12.1 Å². The predicted molar refractivity (Wildman–Crippen MR) is 258 cm³/mol. The van der Waals surface area contributed by atoms with Gasteiger partial charge in [0.1, 0.15) is 22.7 Å². The van der Waals surface area contributed by atoms with Gasteiger partial charge >= 0.3 is 0 Å². The van der Waals surface area contributed by atoms with Gasteiger partial charge in [-0.2, -0.15) is 5.26 Å². The van der Waals surface area contributed by atoms with Crippen molar-refractivity contribution in [3.63, 3.8) is 0 Å². The van der Waals surface area contributed by atoms with Gasteiger partial charge in [0.15, 0.2) is 5.69 Å². The summed E-state index contributed by atoms with van der Waals surface area (Å²) in [6, 6.07) is 59.3. The number of nitrogens with zero attached hydrogens (tertiary/aromatic N) is 4. The van der Waals surface area contributed by atoms with Crippen LogP contribution in [0, 0.1) is 17.9 Å². The topological polar surface area (TPSA) is 53.1 Å². The lowest BCUT2D eigenvalue weighted by Gasteiger charge is -2.26. The van der Waals surface area contributed by atoms with Crippen LogP contribution in [0.4, 0.5) is 39.8 Å². The highest BCUT2D eigenvalue weighted by molar-refractivity contribution is 5.84. The molecule has 0 aliphatic heterocycles. The number of para-hydroxylation sites is 2. The molecule has 7 rings (SSSR count). The number of anilines is 6. The van der Waals surface area contributed by atoms with Crippen LogP contribution in [0.2, 0.25) is 0 Å². The number of ether oxygens (including phenoxy) is 2. The van der Waals surface area contributed by atoms with Crippen molar-refractivity contribution in [2.75, 3.05) is 9.80 Å². The van der Waals surface area contributed by atoms with E-state index in [9.17, 15) is 5.26 Å². The summed E-state index contributed by atoms with van der Waals surface area (Å²) < 4.78 is 12.1. The highest BCUT2D eigenvalue weighted by Gasteiger charge is 2.17. The van der Waals surface area contributed by atoms with Gasteiger partial charge in [0.2, 0.25) is 0 Å². The SMILES string of the molecule is [C-]#[N+]c1cc(C=Cc2ccc(N(c3ccccc3)c3ccc(OC(C)(C)C)cc3)cc2)c(C#N)cc1C=Cc1ccc(N(c2ccccc2)c2ccc(OC(C)(C)C)cc2)cc1. The molecule has 6 nitrogen and oxygen atoms in total. The van der Waals surface area contributed by atoms with E-state index < -0.39 is 0 Å². The maximum absolute atomic E-state index is 10.2. The highest BCUT2D eigenvalue weighted by atomic mass is 16.5. The lowest BCUT2D eigenvalue weighted by atomic mass is 10.0. The zero-order valence-electron chi connectivity index (χ0n) is 36.1. The van der Waals surface area contributed by atoms with Crippen LogP contribution in [0.5, 0.6) is 11.5 Å². The molecule has 62 heavy (non-hydrogen) atoms. The van der Waals surface area contributed by atoms with Gasteiger partial charge in [-0.15, -0.1) is 0 Å². The third-order valence-electron chi connectivity index (χ3n) is 9.72. The first-order valence-corrected chi connectivity index (χ1v) is 20.7. The van der Waals surface area contributed by atoms with Crippen molar-refractivity contribution in [3.8, 4) is 17.6 Å². The molecular formula is C56H50N4O2. The van der Waals surface area contributed by atoms with E-state index in [1.165, 1.54) is 0 Å². The summed E-state index contributed by atoms with van der Waals surface area (Å²) in [7, 11) is 0. The summed E-state index contributed by atoms with van der Waals surface area (Å²) in [5, 5.41) is 10.2. The van der Waals surface area contributed by atoms with Gasteiger partial charge in [-0.3, -0.25) is 0 Å². The Balaban J connectivity index is 1.09. The maximum Gasteiger partial charge on any atom is 0.194 e. The fourth-order valence-corrected chi connectivity index (χ4v) is 7.01. The van der Waals surface area contributed by atoms with Crippen LogP contribution in [-0.2, 0) is 0 Å². The molecule has 0 aromatic heterocycles. The van der Waals surface area contributed by atoms with E-state index in [-0.39, 0.29) is 11.2 Å². The Morgan fingerprint density at radius 2 is 0.823 bits per heavy atom. The molecule has 0 aliphatic rings. The predicted octanol–water partition coefficient (Wildman–Crippen LogP) is 15.7. The van der Waals surface area contributed by atoms with Crippen LogP contribution in [0.25, 0.3) is 29.1 Å². The Hall–Kier alpha value is -7.80. The molecule has 0 aliphatic carbocycles. The van der Waals surface area contributed by atoms with Crippen molar-refractivity contribution in [3.05, 3.63) is 209 Å². The molecule has 306 valence electrons. The number of rotatable bonds is 12. The number of benzene rings is 7. The molecule has 0 N–H and O–H groups in total. The summed E-state index contributed by atoms with van der Waals surface area (Å²) >= 11 is 0. The van der Waals surface area contributed by atoms with Crippen molar-refractivity contribution in [1.29, 1.82) is 5.26 Å². The van der Waals surface area contributed by atoms with E-state index in [4.69, 9.17) is 16.0 Å². The van der Waals surface area contributed by atoms with Crippen molar-refractivity contribution in [2.24, 2.45) is 0 Å². The van der Waals surface area contributed by atoms with Crippen LogP contribution in [0.15, 0.2) is 170 Å². The first kappa shape index (κ1) is 42.3. The van der Waals surface area contributed by atoms with Crippen molar-refractivity contribution < 1.29 is 9.47 Å². The standard InChI is InChI=1S/C56H50N4O2/c1-55(2,3)61-52-34-30-50(31-35-52)59(46-14-10-8-11-15-46)48-26-20-41(21-27-48)18-24-43-39-54(58-7)44(38-45(43)40-57)25-19-42-22-28-49(29-23-42)60(47-16-12-9-13-17-47)51-32-36-53(37-33-51)62-56(4,5)6/h8-39H,1-6H3. The van der Waals surface area contributed by atoms with E-state index in [1.807, 2.05) is 127 Å². The summed E-state index contributed by atoms with van der Waals surface area (Å²) in [4.78, 5) is 8.25. The zero-order chi connectivity index (χ0) is 43.7. The lowest BCUT2D eigenvalue weighted by molar-refractivity contribution is 0.130. The minimum atomic E-state index is -0.284. The van der Waals surface area contributed by atoms with Gasteiger partial charge < -0.3 is 19.3 Å². The third-order valence-corrected chi connectivity index (χ3v) is 9.72. The van der Waals surface area contributed by atoms with Crippen molar-refractivity contribution in [2.45, 2.75) is 52.7 Å². The first-order valence-electron chi connectivity index (χ1n) is 20.7. The Kier molecular flexibility index (Phi) is 12.7. The van der Waals surface area contributed by atoms with E-state index in [0.717, 1.165) is 56.8 Å². The fraction of sp³-hybridized carbons (Fsp3) is 0.143. The highest BCUT2D eigenvalue weighted by Crippen LogP contribution is 2.38. The number of nitriles is 1. The molecule has 7 aromatic carbocycles. The van der Waals surface area contributed by atoms with Crippen molar-refractivity contribution >= 4 is 64.1 Å². The molecule has 7 aromatic rings. The zero-order valence-corrected chi connectivity index (χ0v) is 36.1. The smallest absolute Gasteiger partial charge is 0.194 e. The maximum atomic E-state index is 10.2. The van der Waals surface area contributed by atoms with E-state index in [2.05, 4.69) is 118 Å². The van der Waals surface area contributed by atoms with Crippen LogP contribution in [0.3, 0.4) is 0 Å². The Morgan fingerprint density at radius 3 is 1.18 bits per heavy atom. The summed E-state index contributed by atoms with van der Waals surface area (Å²) in [6.07, 6.45) is 7.76. The Labute approximate surface area is 366 Å². The van der Waals surface area contributed by atoms with Crippen LogP contribution < -0.4 is 19.3 Å². The molecule has 0 atom stereocenters. The third kappa shape index (κ3) is 10.9. The van der Waals surface area contributed by atoms with E-state index in [0.29, 0.717) is 22.4 Å². The summed E-state index contributed by atoms with van der Waals surface area (Å²) in [6.45, 7) is 20.2. The lowest BCUT2D eigenvalue weighted by Crippen LogP contribution is -2.22. The first-order chi connectivity index (χ1) is 29.9. The average Bonchev–Trinajstić information content (AvgIpc) is 3.27. The molecule has 0 fully saturated rings. The van der Waals surface area contributed by atoms with Gasteiger partial charge in [-0.1, -0.05) is 85.0 Å². The van der Waals surface area contributed by atoms with Gasteiger partial charge in [-0.25, -0.2) is 4.85 Å². The molecule has 0 spiro atoms. The van der Waals surface area contributed by atoms with Crippen LogP contribution in [-0.4, -0.2) is 11.2 Å². The van der Waals surface area contributed by atoms with Gasteiger partial charge in [0.05, 0.1) is 18.2 Å². The summed E-state index contributed by atoms with van der Waals surface area (Å²) in [5.74, 6) is 1.64. The van der Waals surface area contributed by atoms with E-state index >= 15 is 0 Å². The van der Waals surface area contributed by atoms with Crippen molar-refractivity contribution in [1.82, 2.24) is 0 Å². The minimum absolute atomic E-state index is 0.284. The summed E-state index contributed by atoms with van der Waals surface area (Å²) in [5.41, 5.74) is 9.80. The second kappa shape index (κ2) is 18.6. The number of hydrogen-bond acceptors (Lipinski definition) is 5. The monoisotopic (exact) mass is 810 g/mol. The number of hydrogen-bond donors (Lipinski definition) is 0. The Bertz CT molecular complexity index is 2540. The quantitative estimate of drug-likeness (QED) is 0.0909. The van der Waals surface area contributed by atoms with Gasteiger partial charge in [0.25, 0.3) is 0 Å².